The van der Waals surface area contributed by atoms with E-state index in [0.717, 1.165) is 38.1 Å². The quantitative estimate of drug-likeness (QED) is 0.620. The second kappa shape index (κ2) is 8.44. The summed E-state index contributed by atoms with van der Waals surface area (Å²) in [6.45, 7) is 6.56. The standard InChI is InChI=1S/C21H34N6O2/c1-3-9-26-19-17(20(28)27(10-4-2)21(26)29)24-18(25-19)15-11-13-5-6-14(12-15)16(13)23-8-7-22/h13-16,23H,3-12,22H2,1-2H3,(H,24,25). The van der Waals surface area contributed by atoms with Crippen LogP contribution in [0.2, 0.25) is 0 Å². The topological polar surface area (TPSA) is 111 Å². The van der Waals surface area contributed by atoms with Crippen molar-refractivity contribution in [1.29, 1.82) is 0 Å². The van der Waals surface area contributed by atoms with Gasteiger partial charge in [-0.1, -0.05) is 13.8 Å². The van der Waals surface area contributed by atoms with Gasteiger partial charge in [-0.05, 0) is 50.4 Å². The highest BCUT2D eigenvalue weighted by molar-refractivity contribution is 5.70. The summed E-state index contributed by atoms with van der Waals surface area (Å²) in [6, 6.07) is 0.555. The molecular formula is C21H34N6O2. The molecule has 2 aliphatic carbocycles. The van der Waals surface area contributed by atoms with E-state index in [1.165, 1.54) is 17.4 Å². The van der Waals surface area contributed by atoms with Crippen molar-refractivity contribution in [3.8, 4) is 0 Å². The lowest BCUT2D eigenvalue weighted by molar-refractivity contribution is 0.230. The zero-order valence-corrected chi connectivity index (χ0v) is 17.6. The minimum atomic E-state index is -0.237. The number of imidazole rings is 1. The van der Waals surface area contributed by atoms with E-state index in [2.05, 4.69) is 10.3 Å². The highest BCUT2D eigenvalue weighted by Crippen LogP contribution is 2.48. The monoisotopic (exact) mass is 402 g/mol. The van der Waals surface area contributed by atoms with Gasteiger partial charge >= 0.3 is 5.69 Å². The van der Waals surface area contributed by atoms with E-state index in [-0.39, 0.29) is 11.2 Å². The lowest BCUT2D eigenvalue weighted by atomic mass is 9.77. The molecule has 0 aromatic carbocycles. The zero-order chi connectivity index (χ0) is 20.5. The van der Waals surface area contributed by atoms with Gasteiger partial charge in [0.25, 0.3) is 5.56 Å². The Kier molecular flexibility index (Phi) is 5.92. The molecule has 29 heavy (non-hydrogen) atoms. The van der Waals surface area contributed by atoms with Crippen molar-refractivity contribution in [2.24, 2.45) is 17.6 Å². The molecule has 8 heteroatoms. The number of rotatable bonds is 8. The van der Waals surface area contributed by atoms with Crippen LogP contribution in [0.15, 0.2) is 9.59 Å². The number of H-pyrrole nitrogens is 1. The van der Waals surface area contributed by atoms with E-state index in [0.29, 0.717) is 54.6 Å². The Labute approximate surface area is 170 Å². The Hall–Kier alpha value is -1.93. The Bertz CT molecular complexity index is 960. The smallest absolute Gasteiger partial charge is 0.332 e. The molecule has 2 aromatic rings. The highest BCUT2D eigenvalue weighted by atomic mass is 16.2. The molecular weight excluding hydrogens is 368 g/mol. The fourth-order valence-corrected chi connectivity index (χ4v) is 5.56. The predicted molar refractivity (Wildman–Crippen MR) is 114 cm³/mol. The molecule has 2 atom stereocenters. The molecule has 2 fully saturated rings. The van der Waals surface area contributed by atoms with Gasteiger partial charge in [0, 0.05) is 38.1 Å². The van der Waals surface area contributed by atoms with Gasteiger partial charge in [-0.2, -0.15) is 0 Å². The lowest BCUT2D eigenvalue weighted by Gasteiger charge is -2.35. The molecule has 2 unspecified atom stereocenters. The first-order valence-electron chi connectivity index (χ1n) is 11.3. The van der Waals surface area contributed by atoms with Crippen LogP contribution in [-0.4, -0.2) is 38.2 Å². The third-order valence-corrected chi connectivity index (χ3v) is 6.78. The molecule has 160 valence electrons. The van der Waals surface area contributed by atoms with Gasteiger partial charge in [-0.15, -0.1) is 0 Å². The van der Waals surface area contributed by atoms with E-state index in [9.17, 15) is 9.59 Å². The van der Waals surface area contributed by atoms with Crippen molar-refractivity contribution in [2.45, 2.75) is 77.4 Å². The maximum Gasteiger partial charge on any atom is 0.332 e. The van der Waals surface area contributed by atoms with E-state index < -0.39 is 0 Å². The summed E-state index contributed by atoms with van der Waals surface area (Å²) in [4.78, 5) is 34.0. The number of aryl methyl sites for hydroxylation is 1. The maximum absolute atomic E-state index is 13.0. The molecule has 0 spiro atoms. The van der Waals surface area contributed by atoms with Gasteiger partial charge in [0.1, 0.15) is 11.3 Å². The largest absolute Gasteiger partial charge is 0.336 e. The normalized spacial score (nSPS) is 26.4. The molecule has 0 aliphatic heterocycles. The van der Waals surface area contributed by atoms with Crippen LogP contribution in [0.5, 0.6) is 0 Å². The van der Waals surface area contributed by atoms with Gasteiger partial charge in [-0.3, -0.25) is 13.9 Å². The van der Waals surface area contributed by atoms with Gasteiger partial charge < -0.3 is 16.0 Å². The molecule has 2 aliphatic rings. The van der Waals surface area contributed by atoms with Gasteiger partial charge in [-0.25, -0.2) is 9.78 Å². The first-order chi connectivity index (χ1) is 14.1. The highest BCUT2D eigenvalue weighted by Gasteiger charge is 2.43. The molecule has 4 rings (SSSR count). The van der Waals surface area contributed by atoms with Crippen LogP contribution in [0, 0.1) is 11.8 Å². The van der Waals surface area contributed by atoms with Crippen molar-refractivity contribution in [3.63, 3.8) is 0 Å². The first-order valence-corrected chi connectivity index (χ1v) is 11.3. The number of nitrogens with two attached hydrogens (primary N) is 1. The summed E-state index contributed by atoms with van der Waals surface area (Å²) < 4.78 is 3.03. The molecule has 2 heterocycles. The van der Waals surface area contributed by atoms with Gasteiger partial charge in [0.05, 0.1) is 0 Å². The third kappa shape index (κ3) is 3.57. The predicted octanol–water partition coefficient (Wildman–Crippen LogP) is 1.53. The van der Waals surface area contributed by atoms with E-state index >= 15 is 0 Å². The van der Waals surface area contributed by atoms with E-state index in [4.69, 9.17) is 10.7 Å². The van der Waals surface area contributed by atoms with E-state index in [1.807, 2.05) is 13.8 Å². The Morgan fingerprint density at radius 1 is 1.10 bits per heavy atom. The Balaban J connectivity index is 1.70. The molecule has 2 bridgehead atoms. The third-order valence-electron chi connectivity index (χ3n) is 6.78. The second-order valence-corrected chi connectivity index (χ2v) is 8.75. The molecule has 2 aromatic heterocycles. The number of aromatic nitrogens is 4. The summed E-state index contributed by atoms with van der Waals surface area (Å²) >= 11 is 0. The van der Waals surface area contributed by atoms with Crippen LogP contribution in [0.1, 0.15) is 64.1 Å². The summed E-state index contributed by atoms with van der Waals surface area (Å²) in [5.41, 5.74) is 6.22. The van der Waals surface area contributed by atoms with Crippen LogP contribution >= 0.6 is 0 Å². The maximum atomic E-state index is 13.0. The zero-order valence-electron chi connectivity index (χ0n) is 17.6. The first kappa shape index (κ1) is 20.3. The van der Waals surface area contributed by atoms with Crippen molar-refractivity contribution in [3.05, 3.63) is 26.7 Å². The van der Waals surface area contributed by atoms with E-state index in [1.54, 1.807) is 4.57 Å². The Morgan fingerprint density at radius 3 is 2.38 bits per heavy atom. The van der Waals surface area contributed by atoms with Crippen molar-refractivity contribution >= 4 is 11.2 Å². The van der Waals surface area contributed by atoms with Crippen molar-refractivity contribution in [1.82, 2.24) is 24.4 Å². The average molecular weight is 403 g/mol. The number of hydrogen-bond acceptors (Lipinski definition) is 5. The number of fused-ring (bicyclic) bond motifs is 3. The summed E-state index contributed by atoms with van der Waals surface area (Å²) in [7, 11) is 0. The average Bonchev–Trinajstić information content (AvgIpc) is 3.25. The molecule has 8 nitrogen and oxygen atoms in total. The Morgan fingerprint density at radius 2 is 1.76 bits per heavy atom. The van der Waals surface area contributed by atoms with Crippen molar-refractivity contribution in [2.75, 3.05) is 13.1 Å². The number of aromatic amines is 1. The SMILES string of the molecule is CCCn1c(=O)c2[nH]c(C3CC4CCC(C3)C4NCCN)nc2n(CCC)c1=O. The summed E-state index contributed by atoms with van der Waals surface area (Å²) in [5, 5.41) is 3.64. The van der Waals surface area contributed by atoms with Gasteiger partial charge in [0.2, 0.25) is 0 Å². The van der Waals surface area contributed by atoms with Crippen LogP contribution in [0.4, 0.5) is 0 Å². The molecule has 0 radical (unpaired) electrons. The molecule has 0 saturated heterocycles. The summed E-state index contributed by atoms with van der Waals surface area (Å²) in [6.07, 6.45) is 6.20. The second-order valence-electron chi connectivity index (χ2n) is 8.75. The van der Waals surface area contributed by atoms with Crippen LogP contribution in [0.3, 0.4) is 0 Å². The van der Waals surface area contributed by atoms with Crippen LogP contribution in [0.25, 0.3) is 11.2 Å². The fraction of sp³-hybridized carbons (Fsp3) is 0.762. The van der Waals surface area contributed by atoms with Crippen LogP contribution in [-0.2, 0) is 13.1 Å². The lowest BCUT2D eigenvalue weighted by Crippen LogP contribution is -2.43. The fourth-order valence-electron chi connectivity index (χ4n) is 5.56. The molecule has 0 amide bonds. The minimum Gasteiger partial charge on any atom is -0.336 e. The summed E-state index contributed by atoms with van der Waals surface area (Å²) in [5.74, 6) is 2.46. The molecule has 4 N–H and O–H groups in total. The molecule has 2 saturated carbocycles. The van der Waals surface area contributed by atoms with Crippen molar-refractivity contribution < 1.29 is 0 Å². The number of hydrogen-bond donors (Lipinski definition) is 3. The van der Waals surface area contributed by atoms with Crippen LogP contribution < -0.4 is 22.3 Å². The van der Waals surface area contributed by atoms with Gasteiger partial charge in [0.15, 0.2) is 5.65 Å². The number of nitrogens with one attached hydrogen (secondary N) is 2. The number of nitrogens with zero attached hydrogens (tertiary/aromatic N) is 3. The minimum absolute atomic E-state index is 0.237.